The Morgan fingerprint density at radius 2 is 1.60 bits per heavy atom. The van der Waals surface area contributed by atoms with Gasteiger partial charge in [0.15, 0.2) is 0 Å². The molecule has 2 aliphatic heterocycles. The molecule has 0 spiro atoms. The van der Waals surface area contributed by atoms with Crippen LogP contribution in [0.4, 0.5) is 4.79 Å². The minimum atomic E-state index is -0.660. The number of hydrogen-bond donors (Lipinski definition) is 1. The molecule has 2 amide bonds. The third-order valence-electron chi connectivity index (χ3n) is 7.61. The predicted octanol–water partition coefficient (Wildman–Crippen LogP) is 4.96. The van der Waals surface area contributed by atoms with Gasteiger partial charge in [0.25, 0.3) is 0 Å². The van der Waals surface area contributed by atoms with Crippen LogP contribution < -0.4 is 5.32 Å². The molecular formula is C33H41N5O3S. The maximum absolute atomic E-state index is 13.4. The van der Waals surface area contributed by atoms with Crippen molar-refractivity contribution >= 4 is 23.8 Å². The number of amides is 2. The first-order chi connectivity index (χ1) is 20.3. The average Bonchev–Trinajstić information content (AvgIpc) is 3.45. The highest BCUT2D eigenvalue weighted by Crippen LogP contribution is 2.42. The number of rotatable bonds is 8. The number of hydrogen-bond acceptors (Lipinski definition) is 7. The zero-order valence-corrected chi connectivity index (χ0v) is 25.5. The zero-order valence-electron chi connectivity index (χ0n) is 24.7. The van der Waals surface area contributed by atoms with Crippen molar-refractivity contribution in [3.8, 4) is 0 Å². The fourth-order valence-electron chi connectivity index (χ4n) is 5.61. The predicted molar refractivity (Wildman–Crippen MR) is 167 cm³/mol. The Hall–Kier alpha value is -3.40. The highest BCUT2D eigenvalue weighted by Gasteiger charge is 2.44. The molecule has 0 aliphatic carbocycles. The van der Waals surface area contributed by atoms with Gasteiger partial charge in [-0.2, -0.15) is 0 Å². The van der Waals surface area contributed by atoms with Crippen LogP contribution in [0.15, 0.2) is 85.2 Å². The largest absolute Gasteiger partial charge is 0.444 e. The number of nitrogens with one attached hydrogen (secondary N) is 1. The van der Waals surface area contributed by atoms with E-state index >= 15 is 0 Å². The van der Waals surface area contributed by atoms with Crippen molar-refractivity contribution in [1.82, 2.24) is 25.0 Å². The molecule has 5 rings (SSSR count). The van der Waals surface area contributed by atoms with Gasteiger partial charge in [-0.05, 0) is 38.0 Å². The van der Waals surface area contributed by atoms with E-state index in [-0.39, 0.29) is 17.3 Å². The summed E-state index contributed by atoms with van der Waals surface area (Å²) in [6, 6.07) is 24.8. The van der Waals surface area contributed by atoms with Gasteiger partial charge >= 0.3 is 6.09 Å². The molecule has 2 aliphatic rings. The molecule has 3 heterocycles. The van der Waals surface area contributed by atoms with Gasteiger partial charge in [0, 0.05) is 63.0 Å². The Balaban J connectivity index is 1.16. The number of pyridine rings is 1. The smallest absolute Gasteiger partial charge is 0.412 e. The fourth-order valence-corrected chi connectivity index (χ4v) is 7.01. The van der Waals surface area contributed by atoms with E-state index in [1.165, 1.54) is 11.1 Å². The first-order valence-corrected chi connectivity index (χ1v) is 15.7. The number of nitrogens with zero attached hydrogens (tertiary/aromatic N) is 4. The molecule has 0 radical (unpaired) electrons. The number of thioether (sulfide) groups is 1. The summed E-state index contributed by atoms with van der Waals surface area (Å²) in [5, 5.41) is 2.78. The highest BCUT2D eigenvalue weighted by molar-refractivity contribution is 7.99. The molecule has 42 heavy (non-hydrogen) atoms. The number of carbonyl (C=O) groups is 2. The average molecular weight is 588 g/mol. The van der Waals surface area contributed by atoms with E-state index in [1.807, 2.05) is 32.9 Å². The molecule has 2 aromatic carbocycles. The van der Waals surface area contributed by atoms with E-state index in [0.717, 1.165) is 38.3 Å². The highest BCUT2D eigenvalue weighted by atomic mass is 32.2. The van der Waals surface area contributed by atoms with Crippen molar-refractivity contribution in [3.05, 3.63) is 102 Å². The molecule has 2 atom stereocenters. The number of benzene rings is 2. The Morgan fingerprint density at radius 3 is 2.17 bits per heavy atom. The molecule has 2 saturated heterocycles. The summed E-state index contributed by atoms with van der Waals surface area (Å²) in [5.41, 5.74) is 2.83. The van der Waals surface area contributed by atoms with Gasteiger partial charge in [-0.1, -0.05) is 66.7 Å². The number of aromatic nitrogens is 1. The van der Waals surface area contributed by atoms with Crippen LogP contribution >= 0.6 is 11.8 Å². The van der Waals surface area contributed by atoms with Gasteiger partial charge < -0.3 is 10.1 Å². The van der Waals surface area contributed by atoms with Crippen LogP contribution in [0.1, 0.15) is 48.9 Å². The first-order valence-electron chi connectivity index (χ1n) is 14.7. The summed E-state index contributed by atoms with van der Waals surface area (Å²) in [5.74, 6) is 0.357. The summed E-state index contributed by atoms with van der Waals surface area (Å²) >= 11 is 1.56. The van der Waals surface area contributed by atoms with Gasteiger partial charge in [0.1, 0.15) is 17.0 Å². The van der Waals surface area contributed by atoms with E-state index < -0.39 is 17.7 Å². The SMILES string of the molecule is CC(C)(C)OC(=O)N1C(c2cccnc2)SC[C@H]1C(=O)NCCN1CCN(C(c2ccccc2)c2ccccc2)CC1. The summed E-state index contributed by atoms with van der Waals surface area (Å²) in [6.07, 6.45) is 2.97. The third-order valence-corrected chi connectivity index (χ3v) is 8.93. The lowest BCUT2D eigenvalue weighted by molar-refractivity contribution is -0.125. The van der Waals surface area contributed by atoms with Crippen molar-refractivity contribution in [2.24, 2.45) is 0 Å². The standard InChI is InChI=1S/C33H41N5O3S/c1-33(2,3)41-32(40)38-28(24-42-31(38)27-15-10-16-34-23-27)30(39)35-17-18-36-19-21-37(22-20-36)29(25-11-6-4-7-12-25)26-13-8-5-9-14-26/h4-16,23,28-29,31H,17-22,24H2,1-3H3,(H,35,39)/t28-,31?/m0/s1. The lowest BCUT2D eigenvalue weighted by Gasteiger charge is -2.40. The first kappa shape index (κ1) is 30.1. The van der Waals surface area contributed by atoms with Crippen molar-refractivity contribution in [3.63, 3.8) is 0 Å². The molecule has 1 N–H and O–H groups in total. The van der Waals surface area contributed by atoms with Crippen molar-refractivity contribution in [2.75, 3.05) is 45.0 Å². The molecule has 1 aromatic heterocycles. The molecule has 0 bridgehead atoms. The molecule has 222 valence electrons. The minimum absolute atomic E-state index is 0.147. The molecule has 1 unspecified atom stereocenters. The molecule has 2 fully saturated rings. The van der Waals surface area contributed by atoms with Crippen LogP contribution in [-0.2, 0) is 9.53 Å². The summed E-state index contributed by atoms with van der Waals surface area (Å²) in [7, 11) is 0. The summed E-state index contributed by atoms with van der Waals surface area (Å²) in [4.78, 5) is 37.4. The van der Waals surface area contributed by atoms with Crippen molar-refractivity contribution in [2.45, 2.75) is 43.8 Å². The van der Waals surface area contributed by atoms with Crippen molar-refractivity contribution in [1.29, 1.82) is 0 Å². The lowest BCUT2D eigenvalue weighted by atomic mass is 9.96. The monoisotopic (exact) mass is 587 g/mol. The summed E-state index contributed by atoms with van der Waals surface area (Å²) < 4.78 is 5.71. The number of ether oxygens (including phenoxy) is 1. The second-order valence-electron chi connectivity index (χ2n) is 11.8. The number of piperazine rings is 1. The van der Waals surface area contributed by atoms with Crippen molar-refractivity contribution < 1.29 is 14.3 Å². The van der Waals surface area contributed by atoms with E-state index in [9.17, 15) is 9.59 Å². The van der Waals surface area contributed by atoms with Gasteiger partial charge in [0.05, 0.1) is 6.04 Å². The minimum Gasteiger partial charge on any atom is -0.444 e. The maximum atomic E-state index is 13.4. The van der Waals surface area contributed by atoms with Crippen LogP contribution in [0.25, 0.3) is 0 Å². The molecule has 0 saturated carbocycles. The van der Waals surface area contributed by atoms with E-state index in [4.69, 9.17) is 4.74 Å². The second kappa shape index (κ2) is 13.7. The van der Waals surface area contributed by atoms with E-state index in [2.05, 4.69) is 80.8 Å². The van der Waals surface area contributed by atoms with Crippen LogP contribution in [0, 0.1) is 0 Å². The summed E-state index contributed by atoms with van der Waals surface area (Å²) in [6.45, 7) is 10.6. The topological polar surface area (TPSA) is 78.0 Å². The molecular weight excluding hydrogens is 546 g/mol. The fraction of sp³-hybridized carbons (Fsp3) is 0.424. The van der Waals surface area contributed by atoms with Gasteiger partial charge in [-0.15, -0.1) is 11.8 Å². The van der Waals surface area contributed by atoms with Crippen LogP contribution in [-0.4, -0.2) is 88.3 Å². The molecule has 3 aromatic rings. The van der Waals surface area contributed by atoms with Crippen LogP contribution in [0.3, 0.4) is 0 Å². The quantitative estimate of drug-likeness (QED) is 0.399. The lowest BCUT2D eigenvalue weighted by Crippen LogP contribution is -2.52. The number of carbonyl (C=O) groups excluding carboxylic acids is 2. The van der Waals surface area contributed by atoms with Crippen LogP contribution in [0.5, 0.6) is 0 Å². The maximum Gasteiger partial charge on any atom is 0.412 e. The van der Waals surface area contributed by atoms with Gasteiger partial charge in [-0.25, -0.2) is 4.79 Å². The van der Waals surface area contributed by atoms with Crippen LogP contribution in [0.2, 0.25) is 0 Å². The Labute approximate surface area is 253 Å². The van der Waals surface area contributed by atoms with Gasteiger partial charge in [0.2, 0.25) is 5.91 Å². The third kappa shape index (κ3) is 7.51. The van der Waals surface area contributed by atoms with E-state index in [0.29, 0.717) is 12.3 Å². The van der Waals surface area contributed by atoms with E-state index in [1.54, 1.807) is 29.1 Å². The Bertz CT molecular complexity index is 1260. The Morgan fingerprint density at radius 1 is 0.952 bits per heavy atom. The zero-order chi connectivity index (χ0) is 29.5. The normalized spacial score (nSPS) is 20.0. The second-order valence-corrected chi connectivity index (χ2v) is 12.9. The molecule has 8 nitrogen and oxygen atoms in total. The Kier molecular flexibility index (Phi) is 9.82. The van der Waals surface area contributed by atoms with Gasteiger partial charge in [-0.3, -0.25) is 24.5 Å². The molecule has 9 heteroatoms.